The van der Waals surface area contributed by atoms with Gasteiger partial charge in [0, 0.05) is 18.8 Å². The Morgan fingerprint density at radius 2 is 1.91 bits per heavy atom. The van der Waals surface area contributed by atoms with Gasteiger partial charge in [-0.25, -0.2) is 0 Å². The molecule has 1 aromatic rings. The average Bonchev–Trinajstić information content (AvgIpc) is 3.12. The number of oxime groups is 1. The quantitative estimate of drug-likeness (QED) is 0.144. The zero-order valence-corrected chi connectivity index (χ0v) is 21.0. The number of hydrogen-bond donors (Lipinski definition) is 3. The van der Waals surface area contributed by atoms with Crippen molar-refractivity contribution in [3.8, 4) is 5.75 Å². The van der Waals surface area contributed by atoms with Crippen LogP contribution in [0.3, 0.4) is 0 Å². The molecule has 3 N–H and O–H groups in total. The molecule has 4 unspecified atom stereocenters. The molecule has 7 heteroatoms. The zero-order chi connectivity index (χ0) is 24.9. The Bertz CT molecular complexity index is 765. The number of aryl methyl sites for hydroxylation is 1. The van der Waals surface area contributed by atoms with Crippen LogP contribution in [0.4, 0.5) is 0 Å². The van der Waals surface area contributed by atoms with E-state index in [1.807, 2.05) is 38.1 Å². The minimum Gasteiger partial charge on any atom is -0.497 e. The highest BCUT2D eigenvalue weighted by Gasteiger charge is 2.39. The number of carbonyl (C=O) groups excluding carboxylic acids is 1. The lowest BCUT2D eigenvalue weighted by Gasteiger charge is -2.23. The van der Waals surface area contributed by atoms with Crippen LogP contribution in [0.2, 0.25) is 0 Å². The SMILES string of the molecule is COc1cccc(CCC(O)CCC2/C(=N\O)CC(O)C2CCCCCCC(=O)OC(C)C)c1. The van der Waals surface area contributed by atoms with E-state index in [4.69, 9.17) is 9.47 Å². The van der Waals surface area contributed by atoms with Crippen molar-refractivity contribution < 1.29 is 29.7 Å². The van der Waals surface area contributed by atoms with Crippen molar-refractivity contribution in [1.29, 1.82) is 0 Å². The van der Waals surface area contributed by atoms with Crippen LogP contribution in [-0.2, 0) is 16.0 Å². The number of rotatable bonds is 15. The number of unbranched alkanes of at least 4 members (excludes halogenated alkanes) is 3. The third-order valence-electron chi connectivity index (χ3n) is 6.73. The summed E-state index contributed by atoms with van der Waals surface area (Å²) in [7, 11) is 1.64. The van der Waals surface area contributed by atoms with Gasteiger partial charge in [0.15, 0.2) is 0 Å². The molecular formula is C27H43NO6. The van der Waals surface area contributed by atoms with E-state index in [0.29, 0.717) is 37.8 Å². The number of aliphatic hydroxyl groups is 2. The molecule has 0 spiro atoms. The summed E-state index contributed by atoms with van der Waals surface area (Å²) in [6, 6.07) is 7.87. The van der Waals surface area contributed by atoms with E-state index in [1.54, 1.807) is 7.11 Å². The molecule has 0 aliphatic heterocycles. The average molecular weight is 478 g/mol. The number of nitrogens with zero attached hydrogens (tertiary/aromatic N) is 1. The summed E-state index contributed by atoms with van der Waals surface area (Å²) in [4.78, 5) is 11.6. The smallest absolute Gasteiger partial charge is 0.306 e. The molecule has 0 bridgehead atoms. The number of carbonyl (C=O) groups is 1. The minimum absolute atomic E-state index is 0.00695. The number of aliphatic hydroxyl groups excluding tert-OH is 2. The summed E-state index contributed by atoms with van der Waals surface area (Å²) in [6.07, 6.45) is 7.08. The van der Waals surface area contributed by atoms with Gasteiger partial charge in [-0.3, -0.25) is 4.79 Å². The Hall–Kier alpha value is -2.12. The lowest BCUT2D eigenvalue weighted by atomic mass is 9.84. The van der Waals surface area contributed by atoms with Crippen molar-refractivity contribution in [2.45, 2.75) is 103 Å². The van der Waals surface area contributed by atoms with Crippen LogP contribution in [0.1, 0.15) is 83.6 Å². The predicted octanol–water partition coefficient (Wildman–Crippen LogP) is 4.89. The van der Waals surface area contributed by atoms with Gasteiger partial charge < -0.3 is 24.9 Å². The van der Waals surface area contributed by atoms with Crippen LogP contribution in [0.15, 0.2) is 29.4 Å². The molecule has 1 saturated carbocycles. The Kier molecular flexibility index (Phi) is 12.4. The van der Waals surface area contributed by atoms with Crippen molar-refractivity contribution in [2.75, 3.05) is 7.11 Å². The molecule has 0 saturated heterocycles. The summed E-state index contributed by atoms with van der Waals surface area (Å²) in [6.45, 7) is 3.70. The van der Waals surface area contributed by atoms with E-state index in [1.165, 1.54) is 0 Å². The molecule has 1 aromatic carbocycles. The standard InChI is InChI=1S/C27H43NO6/c1-19(2)34-27(31)12-7-5-4-6-11-24-23(25(28-32)18-26(24)30)16-15-21(29)14-13-20-9-8-10-22(17-20)33-3/h8-10,17,19,21,23-24,26,29-30,32H,4-7,11-16,18H2,1-3H3/b28-25-. The Morgan fingerprint density at radius 1 is 1.15 bits per heavy atom. The number of ether oxygens (including phenoxy) is 2. The van der Waals surface area contributed by atoms with Gasteiger partial charge in [0.2, 0.25) is 0 Å². The highest BCUT2D eigenvalue weighted by molar-refractivity contribution is 5.89. The Labute approximate surface area is 204 Å². The lowest BCUT2D eigenvalue weighted by molar-refractivity contribution is -0.147. The van der Waals surface area contributed by atoms with E-state index < -0.39 is 12.2 Å². The first kappa shape index (κ1) is 28.1. The molecule has 0 heterocycles. The van der Waals surface area contributed by atoms with Gasteiger partial charge in [-0.2, -0.15) is 0 Å². The first-order valence-electron chi connectivity index (χ1n) is 12.7. The fourth-order valence-electron chi connectivity index (χ4n) is 4.92. The van der Waals surface area contributed by atoms with E-state index in [0.717, 1.165) is 49.8 Å². The van der Waals surface area contributed by atoms with Crippen molar-refractivity contribution >= 4 is 11.7 Å². The Morgan fingerprint density at radius 3 is 2.62 bits per heavy atom. The summed E-state index contributed by atoms with van der Waals surface area (Å²) in [5.41, 5.74) is 1.77. The van der Waals surface area contributed by atoms with Crippen molar-refractivity contribution in [1.82, 2.24) is 0 Å². The number of methoxy groups -OCH3 is 1. The van der Waals surface area contributed by atoms with Crippen molar-refractivity contribution in [2.24, 2.45) is 17.0 Å². The number of esters is 1. The molecular weight excluding hydrogens is 434 g/mol. The number of benzene rings is 1. The van der Waals surface area contributed by atoms with Gasteiger partial charge in [-0.05, 0) is 76.0 Å². The monoisotopic (exact) mass is 477 g/mol. The van der Waals surface area contributed by atoms with E-state index in [2.05, 4.69) is 5.16 Å². The second kappa shape index (κ2) is 15.0. The second-order valence-corrected chi connectivity index (χ2v) is 9.75. The first-order chi connectivity index (χ1) is 16.3. The van der Waals surface area contributed by atoms with Crippen molar-refractivity contribution in [3.05, 3.63) is 29.8 Å². The highest BCUT2D eigenvalue weighted by atomic mass is 16.5. The van der Waals surface area contributed by atoms with Crippen LogP contribution >= 0.6 is 0 Å². The topological polar surface area (TPSA) is 109 Å². The molecule has 34 heavy (non-hydrogen) atoms. The predicted molar refractivity (Wildman–Crippen MR) is 132 cm³/mol. The first-order valence-corrected chi connectivity index (χ1v) is 12.7. The molecule has 0 amide bonds. The van der Waals surface area contributed by atoms with Crippen LogP contribution in [0, 0.1) is 11.8 Å². The maximum absolute atomic E-state index is 11.6. The maximum atomic E-state index is 11.6. The summed E-state index contributed by atoms with van der Waals surface area (Å²) in [5.74, 6) is 0.707. The van der Waals surface area contributed by atoms with Gasteiger partial charge in [0.1, 0.15) is 5.75 Å². The van der Waals surface area contributed by atoms with Gasteiger partial charge in [0.25, 0.3) is 0 Å². The van der Waals surface area contributed by atoms with Crippen molar-refractivity contribution in [3.63, 3.8) is 0 Å². The summed E-state index contributed by atoms with van der Waals surface area (Å²) < 4.78 is 10.4. The summed E-state index contributed by atoms with van der Waals surface area (Å²) >= 11 is 0. The van der Waals surface area contributed by atoms with Crippen LogP contribution < -0.4 is 4.74 Å². The van der Waals surface area contributed by atoms with Gasteiger partial charge >= 0.3 is 5.97 Å². The van der Waals surface area contributed by atoms with Crippen LogP contribution in [-0.4, -0.2) is 52.5 Å². The van der Waals surface area contributed by atoms with E-state index >= 15 is 0 Å². The highest BCUT2D eigenvalue weighted by Crippen LogP contribution is 2.37. The van der Waals surface area contributed by atoms with E-state index in [-0.39, 0.29) is 23.9 Å². The minimum atomic E-state index is -0.508. The molecule has 7 nitrogen and oxygen atoms in total. The number of hydrogen-bond acceptors (Lipinski definition) is 7. The summed E-state index contributed by atoms with van der Waals surface area (Å²) in [5, 5.41) is 34.0. The Balaban J connectivity index is 1.74. The normalized spacial score (nSPS) is 22.3. The fourth-order valence-corrected chi connectivity index (χ4v) is 4.92. The van der Waals surface area contributed by atoms with E-state index in [9.17, 15) is 20.2 Å². The molecule has 2 rings (SSSR count). The largest absolute Gasteiger partial charge is 0.497 e. The van der Waals surface area contributed by atoms with Gasteiger partial charge in [0.05, 0.1) is 31.1 Å². The third kappa shape index (κ3) is 9.63. The second-order valence-electron chi connectivity index (χ2n) is 9.75. The molecule has 4 atom stereocenters. The fraction of sp³-hybridized carbons (Fsp3) is 0.704. The molecule has 1 aliphatic carbocycles. The molecule has 0 aromatic heterocycles. The maximum Gasteiger partial charge on any atom is 0.306 e. The zero-order valence-electron chi connectivity index (χ0n) is 21.0. The molecule has 0 radical (unpaired) electrons. The van der Waals surface area contributed by atoms with Gasteiger partial charge in [-0.1, -0.05) is 36.6 Å². The molecule has 1 fully saturated rings. The molecule has 1 aliphatic rings. The van der Waals surface area contributed by atoms with Crippen LogP contribution in [0.25, 0.3) is 0 Å². The molecule has 192 valence electrons. The lowest BCUT2D eigenvalue weighted by Crippen LogP contribution is -2.22. The van der Waals surface area contributed by atoms with Crippen LogP contribution in [0.5, 0.6) is 5.75 Å². The van der Waals surface area contributed by atoms with Gasteiger partial charge in [-0.15, -0.1) is 0 Å². The third-order valence-corrected chi connectivity index (χ3v) is 6.73.